The molecule has 1 aliphatic carbocycles. The summed E-state index contributed by atoms with van der Waals surface area (Å²) < 4.78 is 0. The molecule has 0 radical (unpaired) electrons. The fraction of sp³-hybridized carbons (Fsp3) is 0.174. The maximum absolute atomic E-state index is 12.6. The van der Waals surface area contributed by atoms with Gasteiger partial charge >= 0.3 is 0 Å². The van der Waals surface area contributed by atoms with Crippen LogP contribution in [0.25, 0.3) is 10.8 Å². The molecule has 5 nitrogen and oxygen atoms in total. The average molecular weight is 371 g/mol. The van der Waals surface area contributed by atoms with Crippen LogP contribution < -0.4 is 10.6 Å². The molecule has 2 atom stereocenters. The molecule has 1 fully saturated rings. The smallest absolute Gasteiger partial charge is 0.251 e. The van der Waals surface area contributed by atoms with E-state index in [1.165, 1.54) is 0 Å². The summed E-state index contributed by atoms with van der Waals surface area (Å²) in [6, 6.07) is 15.2. The lowest BCUT2D eigenvalue weighted by atomic mass is 10.1. The van der Waals surface area contributed by atoms with Crippen molar-refractivity contribution in [2.45, 2.75) is 12.3 Å². The quantitative estimate of drug-likeness (QED) is 0.646. The van der Waals surface area contributed by atoms with Crippen LogP contribution in [0.1, 0.15) is 28.3 Å². The molecule has 0 aliphatic heterocycles. The van der Waals surface area contributed by atoms with Gasteiger partial charge in [0.15, 0.2) is 0 Å². The van der Waals surface area contributed by atoms with Crippen molar-refractivity contribution >= 4 is 28.3 Å². The number of nitrogens with one attached hydrogen (secondary N) is 2. The Balaban J connectivity index is 1.38. The number of amides is 2. The third-order valence-corrected chi connectivity index (χ3v) is 5.04. The molecule has 1 heterocycles. The second-order valence-electron chi connectivity index (χ2n) is 7.00. The van der Waals surface area contributed by atoms with Crippen molar-refractivity contribution in [1.82, 2.24) is 10.3 Å². The third kappa shape index (κ3) is 3.78. The van der Waals surface area contributed by atoms with Crippen molar-refractivity contribution in [3.63, 3.8) is 0 Å². The Hall–Kier alpha value is -3.47. The molecule has 3 aromatic rings. The molecule has 0 bridgehead atoms. The van der Waals surface area contributed by atoms with Gasteiger partial charge in [-0.25, -0.2) is 0 Å². The van der Waals surface area contributed by atoms with Gasteiger partial charge in [-0.3, -0.25) is 14.6 Å². The van der Waals surface area contributed by atoms with Crippen LogP contribution in [-0.2, 0) is 4.79 Å². The summed E-state index contributed by atoms with van der Waals surface area (Å²) in [5, 5.41) is 7.86. The Kier molecular flexibility index (Phi) is 4.89. The summed E-state index contributed by atoms with van der Waals surface area (Å²) in [5.41, 5.74) is 2.49. The zero-order valence-electron chi connectivity index (χ0n) is 15.4. The van der Waals surface area contributed by atoms with Crippen LogP contribution in [0.5, 0.6) is 0 Å². The fourth-order valence-electron chi connectivity index (χ4n) is 3.40. The van der Waals surface area contributed by atoms with Crippen molar-refractivity contribution in [3.8, 4) is 0 Å². The first-order chi connectivity index (χ1) is 13.7. The fourth-order valence-corrected chi connectivity index (χ4v) is 3.40. The summed E-state index contributed by atoms with van der Waals surface area (Å²) in [6.45, 7) is 4.03. The number of rotatable bonds is 6. The van der Waals surface area contributed by atoms with E-state index < -0.39 is 0 Å². The second kappa shape index (κ2) is 7.64. The van der Waals surface area contributed by atoms with Crippen LogP contribution in [0.3, 0.4) is 0 Å². The van der Waals surface area contributed by atoms with E-state index in [4.69, 9.17) is 0 Å². The van der Waals surface area contributed by atoms with E-state index in [0.717, 1.165) is 28.4 Å². The van der Waals surface area contributed by atoms with Gasteiger partial charge in [0.2, 0.25) is 5.91 Å². The van der Waals surface area contributed by atoms with Gasteiger partial charge < -0.3 is 10.6 Å². The van der Waals surface area contributed by atoms with Crippen LogP contribution in [0, 0.1) is 5.92 Å². The van der Waals surface area contributed by atoms with Crippen LogP contribution in [-0.4, -0.2) is 23.3 Å². The third-order valence-electron chi connectivity index (χ3n) is 5.04. The number of anilines is 1. The topological polar surface area (TPSA) is 71.1 Å². The highest BCUT2D eigenvalue weighted by atomic mass is 16.2. The van der Waals surface area contributed by atoms with Crippen LogP contribution in [0.4, 0.5) is 5.69 Å². The van der Waals surface area contributed by atoms with Gasteiger partial charge in [0.1, 0.15) is 0 Å². The van der Waals surface area contributed by atoms with Crippen molar-refractivity contribution in [1.29, 1.82) is 0 Å². The molecule has 1 unspecified atom stereocenters. The molecule has 0 saturated heterocycles. The molecule has 1 saturated carbocycles. The predicted octanol–water partition coefficient (Wildman–Crippen LogP) is 3.89. The second-order valence-corrected chi connectivity index (χ2v) is 7.00. The molecule has 0 spiro atoms. The zero-order chi connectivity index (χ0) is 19.5. The summed E-state index contributed by atoms with van der Waals surface area (Å²) in [5.74, 6) is 0.0813. The van der Waals surface area contributed by atoms with E-state index in [2.05, 4.69) is 22.2 Å². The SMILES string of the molecule is C=CCNC(=O)c1ccc(C2C[C@H]2C(=O)Nc2ccc3cnccc3c2)cc1. The standard InChI is InChI=1S/C23H21N3O2/c1-2-10-25-22(27)16-5-3-15(4-6-16)20-13-21(20)23(28)26-19-8-7-18-14-24-11-9-17(18)12-19/h2-9,11-12,14,20-21H,1,10,13H2,(H,25,27)(H,26,28)/t20?,21-/m1/s1. The lowest BCUT2D eigenvalue weighted by Gasteiger charge is -2.07. The molecular formula is C23H21N3O2. The largest absolute Gasteiger partial charge is 0.349 e. The monoisotopic (exact) mass is 371 g/mol. The summed E-state index contributed by atoms with van der Waals surface area (Å²) in [4.78, 5) is 28.6. The lowest BCUT2D eigenvalue weighted by molar-refractivity contribution is -0.117. The molecule has 5 heteroatoms. The minimum absolute atomic E-state index is 0.0335. The number of aromatic nitrogens is 1. The number of hydrogen-bond acceptors (Lipinski definition) is 3. The number of fused-ring (bicyclic) bond motifs is 1. The van der Waals surface area contributed by atoms with Gasteiger partial charge in [-0.2, -0.15) is 0 Å². The molecule has 28 heavy (non-hydrogen) atoms. The van der Waals surface area contributed by atoms with E-state index in [1.807, 2.05) is 36.4 Å². The van der Waals surface area contributed by atoms with Gasteiger partial charge in [0.25, 0.3) is 5.91 Å². The van der Waals surface area contributed by atoms with E-state index in [9.17, 15) is 9.59 Å². The number of nitrogens with zero attached hydrogens (tertiary/aromatic N) is 1. The average Bonchev–Trinajstić information content (AvgIpc) is 3.53. The highest BCUT2D eigenvalue weighted by molar-refractivity contribution is 5.97. The molecule has 2 amide bonds. The lowest BCUT2D eigenvalue weighted by Crippen LogP contribution is -2.23. The van der Waals surface area contributed by atoms with Gasteiger partial charge in [-0.15, -0.1) is 6.58 Å². The van der Waals surface area contributed by atoms with Gasteiger partial charge in [-0.1, -0.05) is 24.3 Å². The first-order valence-electron chi connectivity index (χ1n) is 9.29. The number of carbonyl (C=O) groups excluding carboxylic acids is 2. The van der Waals surface area contributed by atoms with Gasteiger partial charge in [0, 0.05) is 41.5 Å². The minimum atomic E-state index is -0.122. The van der Waals surface area contributed by atoms with E-state index in [0.29, 0.717) is 12.1 Å². The molecule has 1 aliphatic rings. The molecule has 4 rings (SSSR count). The first-order valence-corrected chi connectivity index (χ1v) is 9.29. The maximum Gasteiger partial charge on any atom is 0.251 e. The van der Waals surface area contributed by atoms with E-state index >= 15 is 0 Å². The predicted molar refractivity (Wildman–Crippen MR) is 110 cm³/mol. The number of hydrogen-bond donors (Lipinski definition) is 2. The van der Waals surface area contributed by atoms with Crippen molar-refractivity contribution in [3.05, 3.63) is 84.7 Å². The Morgan fingerprint density at radius 2 is 1.93 bits per heavy atom. The maximum atomic E-state index is 12.6. The molecule has 2 aromatic carbocycles. The molecule has 2 N–H and O–H groups in total. The van der Waals surface area contributed by atoms with Crippen LogP contribution >= 0.6 is 0 Å². The Bertz CT molecular complexity index is 1040. The summed E-state index contributed by atoms with van der Waals surface area (Å²) in [6.07, 6.45) is 6.02. The highest BCUT2D eigenvalue weighted by Gasteiger charge is 2.43. The van der Waals surface area contributed by atoms with Gasteiger partial charge in [-0.05, 0) is 53.6 Å². The first kappa shape index (κ1) is 17.9. The van der Waals surface area contributed by atoms with Crippen molar-refractivity contribution in [2.75, 3.05) is 11.9 Å². The number of pyridine rings is 1. The Morgan fingerprint density at radius 1 is 1.11 bits per heavy atom. The normalized spacial score (nSPS) is 17.7. The Morgan fingerprint density at radius 3 is 2.71 bits per heavy atom. The van der Waals surface area contributed by atoms with Crippen LogP contribution in [0.2, 0.25) is 0 Å². The minimum Gasteiger partial charge on any atom is -0.349 e. The number of carbonyl (C=O) groups is 2. The highest BCUT2D eigenvalue weighted by Crippen LogP contribution is 2.48. The van der Waals surface area contributed by atoms with Crippen molar-refractivity contribution < 1.29 is 9.59 Å². The molecule has 140 valence electrons. The van der Waals surface area contributed by atoms with Crippen molar-refractivity contribution in [2.24, 2.45) is 5.92 Å². The number of benzene rings is 2. The summed E-state index contributed by atoms with van der Waals surface area (Å²) >= 11 is 0. The van der Waals surface area contributed by atoms with E-state index in [1.54, 1.807) is 30.6 Å². The molecular weight excluding hydrogens is 350 g/mol. The summed E-state index contributed by atoms with van der Waals surface area (Å²) in [7, 11) is 0. The van der Waals surface area contributed by atoms with Crippen LogP contribution in [0.15, 0.2) is 73.6 Å². The van der Waals surface area contributed by atoms with Gasteiger partial charge in [0.05, 0.1) is 0 Å². The molecule has 1 aromatic heterocycles. The Labute approximate surface area is 163 Å². The zero-order valence-corrected chi connectivity index (χ0v) is 15.4. The van der Waals surface area contributed by atoms with E-state index in [-0.39, 0.29) is 23.7 Å².